The fraction of sp³-hybridized carbons (Fsp3) is 1.00. The molecule has 1 aliphatic heterocycles. The zero-order valence-corrected chi connectivity index (χ0v) is 7.15. The van der Waals surface area contributed by atoms with Gasteiger partial charge in [-0.2, -0.15) is 0 Å². The molecule has 1 nitrogen and oxygen atoms in total. The van der Waals surface area contributed by atoms with Crippen molar-refractivity contribution >= 4 is 0 Å². The molecule has 0 aromatic heterocycles. The van der Waals surface area contributed by atoms with E-state index < -0.39 is 0 Å². The van der Waals surface area contributed by atoms with Crippen LogP contribution in [-0.4, -0.2) is 24.5 Å². The molecule has 1 rings (SSSR count). The molecule has 1 saturated heterocycles. The molecule has 0 spiro atoms. The van der Waals surface area contributed by atoms with Crippen molar-refractivity contribution in [1.29, 1.82) is 0 Å². The highest BCUT2D eigenvalue weighted by atomic mass is 15.1. The van der Waals surface area contributed by atoms with Gasteiger partial charge in [0.15, 0.2) is 0 Å². The van der Waals surface area contributed by atoms with Gasteiger partial charge >= 0.3 is 0 Å². The van der Waals surface area contributed by atoms with Gasteiger partial charge < -0.3 is 4.90 Å². The summed E-state index contributed by atoms with van der Waals surface area (Å²) in [6.07, 6.45) is 2.80. The molecular formula is C8H19N. The van der Waals surface area contributed by atoms with E-state index in [-0.39, 0.29) is 0 Å². The van der Waals surface area contributed by atoms with Gasteiger partial charge in [0.1, 0.15) is 0 Å². The topological polar surface area (TPSA) is 3.24 Å². The van der Waals surface area contributed by atoms with E-state index in [0.29, 0.717) is 0 Å². The Kier molecular flexibility index (Phi) is 4.78. The average Bonchev–Trinajstić information content (AvgIpc) is 2.23. The Morgan fingerprint density at radius 3 is 2.00 bits per heavy atom. The van der Waals surface area contributed by atoms with Gasteiger partial charge in [-0.25, -0.2) is 0 Å². The Labute approximate surface area is 59.1 Å². The highest BCUT2D eigenvalue weighted by Crippen LogP contribution is 2.12. The summed E-state index contributed by atoms with van der Waals surface area (Å²) in [4.78, 5) is 2.40. The van der Waals surface area contributed by atoms with Crippen LogP contribution >= 0.6 is 0 Å². The predicted molar refractivity (Wildman–Crippen MR) is 42.7 cm³/mol. The minimum Gasteiger partial charge on any atom is -0.304 e. The molecule has 0 N–H and O–H groups in total. The van der Waals surface area contributed by atoms with Crippen molar-refractivity contribution in [2.75, 3.05) is 13.6 Å². The maximum Gasteiger partial charge on any atom is 0.00643 e. The summed E-state index contributed by atoms with van der Waals surface area (Å²) >= 11 is 0. The third-order valence-electron chi connectivity index (χ3n) is 1.89. The predicted octanol–water partition coefficient (Wildman–Crippen LogP) is 2.13. The first-order chi connectivity index (χ1) is 4.30. The van der Waals surface area contributed by atoms with E-state index in [1.165, 1.54) is 19.4 Å². The normalized spacial score (nSPS) is 27.3. The Balaban J connectivity index is 0.000000291. The Morgan fingerprint density at radius 2 is 1.89 bits per heavy atom. The number of rotatable bonds is 0. The summed E-state index contributed by atoms with van der Waals surface area (Å²) in [5.74, 6) is 0. The van der Waals surface area contributed by atoms with Crippen molar-refractivity contribution < 1.29 is 0 Å². The highest BCUT2D eigenvalue weighted by Gasteiger charge is 2.14. The van der Waals surface area contributed by atoms with E-state index in [9.17, 15) is 0 Å². The maximum atomic E-state index is 2.40. The Bertz CT molecular complexity index is 53.6. The van der Waals surface area contributed by atoms with E-state index in [0.717, 1.165) is 6.04 Å². The molecular weight excluding hydrogens is 110 g/mol. The van der Waals surface area contributed by atoms with Crippen LogP contribution in [0.25, 0.3) is 0 Å². The first-order valence-corrected chi connectivity index (χ1v) is 4.01. The molecule has 0 amide bonds. The molecule has 1 atom stereocenters. The molecule has 1 heterocycles. The fourth-order valence-corrected chi connectivity index (χ4v) is 1.08. The van der Waals surface area contributed by atoms with Gasteiger partial charge in [-0.3, -0.25) is 0 Å². The van der Waals surface area contributed by atoms with Crippen molar-refractivity contribution in [3.05, 3.63) is 0 Å². The molecule has 0 aromatic carbocycles. The van der Waals surface area contributed by atoms with Gasteiger partial charge in [0, 0.05) is 6.04 Å². The molecule has 0 aromatic rings. The molecule has 1 fully saturated rings. The third kappa shape index (κ3) is 2.85. The quantitative estimate of drug-likeness (QED) is 0.484. The van der Waals surface area contributed by atoms with Crippen LogP contribution in [0.5, 0.6) is 0 Å². The summed E-state index contributed by atoms with van der Waals surface area (Å²) in [6.45, 7) is 7.59. The van der Waals surface area contributed by atoms with Crippen molar-refractivity contribution in [3.8, 4) is 0 Å². The summed E-state index contributed by atoms with van der Waals surface area (Å²) < 4.78 is 0. The van der Waals surface area contributed by atoms with E-state index >= 15 is 0 Å². The number of hydrogen-bond acceptors (Lipinski definition) is 1. The van der Waals surface area contributed by atoms with Crippen LogP contribution in [0, 0.1) is 0 Å². The Hall–Kier alpha value is -0.0400. The van der Waals surface area contributed by atoms with E-state index in [4.69, 9.17) is 0 Å². The lowest BCUT2D eigenvalue weighted by Gasteiger charge is -2.12. The first kappa shape index (κ1) is 8.96. The SMILES string of the molecule is CC.C[C@@H]1CCCN1C. The van der Waals surface area contributed by atoms with Gasteiger partial charge in [0.25, 0.3) is 0 Å². The molecule has 0 aliphatic carbocycles. The molecule has 56 valence electrons. The van der Waals surface area contributed by atoms with Crippen molar-refractivity contribution in [1.82, 2.24) is 4.90 Å². The molecule has 1 heteroatoms. The first-order valence-electron chi connectivity index (χ1n) is 4.01. The summed E-state index contributed by atoms with van der Waals surface area (Å²) in [6, 6.07) is 0.847. The van der Waals surface area contributed by atoms with Gasteiger partial charge in [-0.05, 0) is 33.4 Å². The number of hydrogen-bond donors (Lipinski definition) is 0. The number of nitrogens with zero attached hydrogens (tertiary/aromatic N) is 1. The van der Waals surface area contributed by atoms with Crippen LogP contribution in [-0.2, 0) is 0 Å². The largest absolute Gasteiger partial charge is 0.304 e. The smallest absolute Gasteiger partial charge is 0.00643 e. The van der Waals surface area contributed by atoms with E-state index in [1.54, 1.807) is 0 Å². The van der Waals surface area contributed by atoms with Crippen LogP contribution in [0.4, 0.5) is 0 Å². The van der Waals surface area contributed by atoms with E-state index in [1.807, 2.05) is 13.8 Å². The highest BCUT2D eigenvalue weighted by molar-refractivity contribution is 4.70. The standard InChI is InChI=1S/C6H13N.C2H6/c1-6-4-3-5-7(6)2;1-2/h6H,3-5H2,1-2H3;1-2H3/t6-;/m1./s1. The summed E-state index contributed by atoms with van der Waals surface area (Å²) in [7, 11) is 2.19. The minimum atomic E-state index is 0.847. The van der Waals surface area contributed by atoms with Crippen LogP contribution in [0.2, 0.25) is 0 Å². The van der Waals surface area contributed by atoms with Gasteiger partial charge in [-0.15, -0.1) is 0 Å². The lowest BCUT2D eigenvalue weighted by Crippen LogP contribution is -2.20. The van der Waals surface area contributed by atoms with Crippen molar-refractivity contribution in [3.63, 3.8) is 0 Å². The molecule has 0 bridgehead atoms. The zero-order chi connectivity index (χ0) is 7.28. The van der Waals surface area contributed by atoms with Gasteiger partial charge in [0.05, 0.1) is 0 Å². The fourth-order valence-electron chi connectivity index (χ4n) is 1.08. The lowest BCUT2D eigenvalue weighted by atomic mass is 10.3. The van der Waals surface area contributed by atoms with Gasteiger partial charge in [-0.1, -0.05) is 13.8 Å². The lowest BCUT2D eigenvalue weighted by molar-refractivity contribution is 0.331. The monoisotopic (exact) mass is 129 g/mol. The molecule has 0 saturated carbocycles. The second-order valence-corrected chi connectivity index (χ2v) is 2.47. The van der Waals surface area contributed by atoms with E-state index in [2.05, 4.69) is 18.9 Å². The van der Waals surface area contributed by atoms with Crippen LogP contribution in [0.15, 0.2) is 0 Å². The molecule has 0 unspecified atom stereocenters. The van der Waals surface area contributed by atoms with Crippen LogP contribution in [0.3, 0.4) is 0 Å². The van der Waals surface area contributed by atoms with Crippen molar-refractivity contribution in [2.24, 2.45) is 0 Å². The maximum absolute atomic E-state index is 2.40. The summed E-state index contributed by atoms with van der Waals surface area (Å²) in [5.41, 5.74) is 0. The average molecular weight is 129 g/mol. The van der Waals surface area contributed by atoms with Crippen LogP contribution < -0.4 is 0 Å². The molecule has 0 radical (unpaired) electrons. The minimum absolute atomic E-state index is 0.847. The van der Waals surface area contributed by atoms with Crippen molar-refractivity contribution in [2.45, 2.75) is 39.7 Å². The second-order valence-electron chi connectivity index (χ2n) is 2.47. The number of likely N-dealkylation sites (tertiary alicyclic amines) is 1. The van der Waals surface area contributed by atoms with Gasteiger partial charge in [0.2, 0.25) is 0 Å². The van der Waals surface area contributed by atoms with Crippen LogP contribution in [0.1, 0.15) is 33.6 Å². The summed E-state index contributed by atoms with van der Waals surface area (Å²) in [5, 5.41) is 0. The third-order valence-corrected chi connectivity index (χ3v) is 1.89. The second kappa shape index (κ2) is 4.80. The molecule has 9 heavy (non-hydrogen) atoms. The zero-order valence-electron chi connectivity index (χ0n) is 7.15. The Morgan fingerprint density at radius 1 is 1.33 bits per heavy atom. The molecule has 1 aliphatic rings.